The summed E-state index contributed by atoms with van der Waals surface area (Å²) in [6.07, 6.45) is 1.11. The zero-order valence-electron chi connectivity index (χ0n) is 8.12. The molecule has 1 aromatic rings. The number of aliphatic hydroxyl groups excluding tert-OH is 1. The third-order valence-electron chi connectivity index (χ3n) is 2.05. The fraction of sp³-hybridized carbons (Fsp3) is 0.400. The van der Waals surface area contributed by atoms with Gasteiger partial charge in [-0.15, -0.1) is 12.4 Å². The van der Waals surface area contributed by atoms with Crippen LogP contribution in [0.5, 0.6) is 0 Å². The molecule has 15 heavy (non-hydrogen) atoms. The van der Waals surface area contributed by atoms with Crippen molar-refractivity contribution in [3.63, 3.8) is 0 Å². The minimum Gasteiger partial charge on any atom is -0.396 e. The molecule has 0 heterocycles. The van der Waals surface area contributed by atoms with Crippen molar-refractivity contribution < 1.29 is 9.50 Å². The number of halogens is 3. The molecule has 0 saturated heterocycles. The first-order valence-electron chi connectivity index (χ1n) is 4.47. The molecule has 0 aliphatic rings. The van der Waals surface area contributed by atoms with E-state index in [0.717, 1.165) is 0 Å². The van der Waals surface area contributed by atoms with Crippen LogP contribution in [0.2, 0.25) is 5.02 Å². The summed E-state index contributed by atoms with van der Waals surface area (Å²) in [6, 6.07) is 4.36. The lowest BCUT2D eigenvalue weighted by Gasteiger charge is -2.12. The average Bonchev–Trinajstić information content (AvgIpc) is 2.18. The van der Waals surface area contributed by atoms with Crippen LogP contribution in [0.15, 0.2) is 18.2 Å². The molecule has 1 atom stereocenters. The largest absolute Gasteiger partial charge is 0.396 e. The molecule has 1 aromatic carbocycles. The van der Waals surface area contributed by atoms with Gasteiger partial charge < -0.3 is 10.8 Å². The van der Waals surface area contributed by atoms with Gasteiger partial charge in [-0.3, -0.25) is 0 Å². The van der Waals surface area contributed by atoms with E-state index in [0.29, 0.717) is 18.4 Å². The summed E-state index contributed by atoms with van der Waals surface area (Å²) in [5, 5.41) is 8.70. The Kier molecular flexibility index (Phi) is 6.85. The number of hydrogen-bond donors (Lipinski definition) is 2. The molecule has 3 N–H and O–H groups in total. The molecule has 0 saturated carbocycles. The normalized spacial score (nSPS) is 12.0. The molecular weight excluding hydrogens is 240 g/mol. The summed E-state index contributed by atoms with van der Waals surface area (Å²) >= 11 is 5.61. The zero-order chi connectivity index (χ0) is 10.6. The number of hydrogen-bond acceptors (Lipinski definition) is 2. The van der Waals surface area contributed by atoms with Gasteiger partial charge in [-0.1, -0.05) is 23.7 Å². The van der Waals surface area contributed by atoms with Crippen LogP contribution in [0, 0.1) is 5.82 Å². The Bertz CT molecular complexity index is 309. The van der Waals surface area contributed by atoms with Crippen LogP contribution < -0.4 is 5.73 Å². The minimum atomic E-state index is -0.459. The van der Waals surface area contributed by atoms with E-state index in [2.05, 4.69) is 0 Å². The Morgan fingerprint density at radius 2 is 2.13 bits per heavy atom. The fourth-order valence-electron chi connectivity index (χ4n) is 1.27. The first-order chi connectivity index (χ1) is 6.66. The maximum atomic E-state index is 13.4. The van der Waals surface area contributed by atoms with Crippen LogP contribution in [0.1, 0.15) is 24.4 Å². The van der Waals surface area contributed by atoms with E-state index in [9.17, 15) is 4.39 Å². The molecule has 5 heteroatoms. The van der Waals surface area contributed by atoms with Gasteiger partial charge in [0.2, 0.25) is 0 Å². The highest BCUT2D eigenvalue weighted by atomic mass is 35.5. The quantitative estimate of drug-likeness (QED) is 0.867. The molecular formula is C10H14Cl2FNO. The fourth-order valence-corrected chi connectivity index (χ4v) is 1.46. The molecule has 0 fully saturated rings. The average molecular weight is 254 g/mol. The third kappa shape index (κ3) is 3.95. The Morgan fingerprint density at radius 1 is 1.47 bits per heavy atom. The minimum absolute atomic E-state index is 0. The molecule has 0 spiro atoms. The first kappa shape index (κ1) is 14.6. The van der Waals surface area contributed by atoms with E-state index in [1.165, 1.54) is 6.07 Å². The second-order valence-corrected chi connectivity index (χ2v) is 3.52. The highest BCUT2D eigenvalue weighted by molar-refractivity contribution is 6.30. The van der Waals surface area contributed by atoms with Crippen LogP contribution >= 0.6 is 24.0 Å². The summed E-state index contributed by atoms with van der Waals surface area (Å²) in [4.78, 5) is 0. The first-order valence-corrected chi connectivity index (χ1v) is 4.85. The van der Waals surface area contributed by atoms with Crippen molar-refractivity contribution in [1.29, 1.82) is 0 Å². The van der Waals surface area contributed by atoms with Gasteiger partial charge in [0.15, 0.2) is 0 Å². The summed E-state index contributed by atoms with van der Waals surface area (Å²) in [5.74, 6) is -0.459. The Morgan fingerprint density at radius 3 is 2.73 bits per heavy atom. The van der Waals surface area contributed by atoms with E-state index >= 15 is 0 Å². The second-order valence-electron chi connectivity index (χ2n) is 3.12. The third-order valence-corrected chi connectivity index (χ3v) is 2.35. The molecule has 2 nitrogen and oxygen atoms in total. The van der Waals surface area contributed by atoms with Crippen molar-refractivity contribution in [3.8, 4) is 0 Å². The zero-order valence-corrected chi connectivity index (χ0v) is 9.69. The standard InChI is InChI=1S/C10H13ClFNO.ClH/c11-8-4-1-3-7(10(8)12)9(13)5-2-6-14;/h1,3-4,9,14H,2,5-6,13H2;1H/t9-;/m0./s1. The number of nitrogens with two attached hydrogens (primary N) is 1. The van der Waals surface area contributed by atoms with Gasteiger partial charge in [0.05, 0.1) is 5.02 Å². The molecule has 0 aliphatic heterocycles. The molecule has 0 bridgehead atoms. The van der Waals surface area contributed by atoms with Crippen molar-refractivity contribution in [2.24, 2.45) is 5.73 Å². The van der Waals surface area contributed by atoms with Gasteiger partial charge in [0.1, 0.15) is 5.82 Å². The van der Waals surface area contributed by atoms with E-state index in [-0.39, 0.29) is 24.0 Å². The SMILES string of the molecule is Cl.N[C@@H](CCCO)c1cccc(Cl)c1F. The van der Waals surface area contributed by atoms with Crippen molar-refractivity contribution in [3.05, 3.63) is 34.6 Å². The highest BCUT2D eigenvalue weighted by Crippen LogP contribution is 2.24. The van der Waals surface area contributed by atoms with Crippen LogP contribution in [-0.4, -0.2) is 11.7 Å². The van der Waals surface area contributed by atoms with Crippen molar-refractivity contribution in [2.75, 3.05) is 6.61 Å². The number of rotatable bonds is 4. The molecule has 0 unspecified atom stereocenters. The molecule has 0 amide bonds. The number of aliphatic hydroxyl groups is 1. The Balaban J connectivity index is 0.00000196. The van der Waals surface area contributed by atoms with E-state index in [1.807, 2.05) is 0 Å². The molecule has 0 aromatic heterocycles. The molecule has 86 valence electrons. The van der Waals surface area contributed by atoms with Gasteiger partial charge in [0.25, 0.3) is 0 Å². The molecule has 1 rings (SSSR count). The van der Waals surface area contributed by atoms with Gasteiger partial charge in [-0.2, -0.15) is 0 Å². The summed E-state index contributed by atoms with van der Waals surface area (Å²) < 4.78 is 13.4. The van der Waals surface area contributed by atoms with Crippen molar-refractivity contribution in [2.45, 2.75) is 18.9 Å². The molecule has 0 radical (unpaired) electrons. The topological polar surface area (TPSA) is 46.2 Å². The van der Waals surface area contributed by atoms with E-state index in [1.54, 1.807) is 12.1 Å². The predicted octanol–water partition coefficient (Wildman–Crippen LogP) is 2.67. The van der Waals surface area contributed by atoms with E-state index < -0.39 is 11.9 Å². The van der Waals surface area contributed by atoms with Crippen LogP contribution in [0.4, 0.5) is 4.39 Å². The highest BCUT2D eigenvalue weighted by Gasteiger charge is 2.12. The maximum Gasteiger partial charge on any atom is 0.146 e. The van der Waals surface area contributed by atoms with Crippen molar-refractivity contribution in [1.82, 2.24) is 0 Å². The van der Waals surface area contributed by atoms with Gasteiger partial charge in [-0.05, 0) is 18.9 Å². The number of benzene rings is 1. The predicted molar refractivity (Wildman–Crippen MR) is 61.9 cm³/mol. The lowest BCUT2D eigenvalue weighted by Crippen LogP contribution is -2.12. The Labute approximate surface area is 99.6 Å². The monoisotopic (exact) mass is 253 g/mol. The van der Waals surface area contributed by atoms with Crippen LogP contribution in [-0.2, 0) is 0 Å². The molecule has 0 aliphatic carbocycles. The second kappa shape index (κ2) is 7.01. The van der Waals surface area contributed by atoms with Crippen LogP contribution in [0.3, 0.4) is 0 Å². The summed E-state index contributed by atoms with van der Waals surface area (Å²) in [7, 11) is 0. The lowest BCUT2D eigenvalue weighted by molar-refractivity contribution is 0.279. The van der Waals surface area contributed by atoms with Crippen LogP contribution in [0.25, 0.3) is 0 Å². The lowest BCUT2D eigenvalue weighted by atomic mass is 10.0. The summed E-state index contributed by atoms with van der Waals surface area (Å²) in [5.41, 5.74) is 6.15. The van der Waals surface area contributed by atoms with Crippen molar-refractivity contribution >= 4 is 24.0 Å². The summed E-state index contributed by atoms with van der Waals surface area (Å²) in [6.45, 7) is 0.0654. The van der Waals surface area contributed by atoms with E-state index in [4.69, 9.17) is 22.4 Å². The maximum absolute atomic E-state index is 13.4. The Hall–Kier alpha value is -0.350. The van der Waals surface area contributed by atoms with Gasteiger partial charge in [0, 0.05) is 18.2 Å². The smallest absolute Gasteiger partial charge is 0.146 e. The van der Waals surface area contributed by atoms with Gasteiger partial charge in [-0.25, -0.2) is 4.39 Å². The van der Waals surface area contributed by atoms with Gasteiger partial charge >= 0.3 is 0 Å².